The van der Waals surface area contributed by atoms with Gasteiger partial charge in [0.05, 0.1) is 6.04 Å². The van der Waals surface area contributed by atoms with E-state index in [1.54, 1.807) is 6.20 Å². The average molecular weight is 348 g/mol. The van der Waals surface area contributed by atoms with Gasteiger partial charge in [-0.3, -0.25) is 9.88 Å². The summed E-state index contributed by atoms with van der Waals surface area (Å²) < 4.78 is 1.91. The zero-order valence-electron chi connectivity index (χ0n) is 15.3. The van der Waals surface area contributed by atoms with Gasteiger partial charge in [0, 0.05) is 24.5 Å². The molecule has 0 aliphatic carbocycles. The third-order valence-corrected chi connectivity index (χ3v) is 4.78. The summed E-state index contributed by atoms with van der Waals surface area (Å²) in [5, 5.41) is 4.79. The van der Waals surface area contributed by atoms with Gasteiger partial charge in [-0.05, 0) is 49.7 Å². The molecule has 4 rings (SSSR count). The largest absolute Gasteiger partial charge is 0.290 e. The van der Waals surface area contributed by atoms with Gasteiger partial charge < -0.3 is 0 Å². The van der Waals surface area contributed by atoms with E-state index in [0.717, 1.165) is 36.1 Å². The summed E-state index contributed by atoms with van der Waals surface area (Å²) in [7, 11) is 0. The Labute approximate surface area is 153 Å². The molecule has 1 fully saturated rings. The lowest BCUT2D eigenvalue weighted by Gasteiger charge is -2.27. The molecule has 1 aliphatic rings. The fourth-order valence-corrected chi connectivity index (χ4v) is 3.47. The molecule has 3 aromatic heterocycles. The molecule has 0 spiro atoms. The third kappa shape index (κ3) is 3.24. The number of hydrogen-bond donors (Lipinski definition) is 0. The average Bonchev–Trinajstić information content (AvgIpc) is 3.34. The van der Waals surface area contributed by atoms with E-state index in [0.29, 0.717) is 0 Å². The summed E-state index contributed by atoms with van der Waals surface area (Å²) >= 11 is 0. The molecule has 134 valence electrons. The van der Waals surface area contributed by atoms with Crippen LogP contribution in [0.15, 0.2) is 48.9 Å². The number of pyridine rings is 2. The monoisotopic (exact) mass is 348 g/mol. The number of hydrogen-bond acceptors (Lipinski definition) is 5. The van der Waals surface area contributed by atoms with Crippen molar-refractivity contribution in [1.82, 2.24) is 29.6 Å². The molecule has 1 aliphatic heterocycles. The van der Waals surface area contributed by atoms with E-state index < -0.39 is 0 Å². The van der Waals surface area contributed by atoms with Crippen molar-refractivity contribution in [3.63, 3.8) is 0 Å². The van der Waals surface area contributed by atoms with E-state index in [1.807, 2.05) is 41.3 Å². The highest BCUT2D eigenvalue weighted by atomic mass is 15.4. The van der Waals surface area contributed by atoms with E-state index >= 15 is 0 Å². The van der Waals surface area contributed by atoms with Crippen LogP contribution in [0.5, 0.6) is 0 Å². The van der Waals surface area contributed by atoms with Crippen LogP contribution in [0, 0.1) is 0 Å². The maximum Gasteiger partial charge on any atom is 0.156 e. The second kappa shape index (κ2) is 7.33. The van der Waals surface area contributed by atoms with Crippen molar-refractivity contribution in [3.8, 4) is 5.82 Å². The van der Waals surface area contributed by atoms with E-state index in [2.05, 4.69) is 34.8 Å². The maximum atomic E-state index is 4.95. The summed E-state index contributed by atoms with van der Waals surface area (Å²) in [4.78, 5) is 16.3. The molecule has 0 aromatic carbocycles. The number of nitrogens with zero attached hydrogens (tertiary/aromatic N) is 6. The van der Waals surface area contributed by atoms with Gasteiger partial charge in [0.1, 0.15) is 0 Å². The number of likely N-dealkylation sites (tertiary alicyclic amines) is 1. The standard InChI is InChI=1S/C20H24N6/c1-15(2)19-23-20(26(24-19)17-9-3-4-11-22-17)18(25-12-5-6-13-25)16-8-7-10-21-14-16/h3-4,7-11,14-15,18H,5-6,12-13H2,1-2H3/t18-/m0/s1. The molecule has 1 saturated heterocycles. The predicted molar refractivity (Wildman–Crippen MR) is 100 cm³/mol. The fourth-order valence-electron chi connectivity index (χ4n) is 3.47. The van der Waals surface area contributed by atoms with Gasteiger partial charge in [-0.25, -0.2) is 9.97 Å². The van der Waals surface area contributed by atoms with Crippen LogP contribution < -0.4 is 0 Å². The van der Waals surface area contributed by atoms with Gasteiger partial charge in [-0.15, -0.1) is 5.10 Å². The molecular formula is C20H24N6. The van der Waals surface area contributed by atoms with Crippen LogP contribution in [0.4, 0.5) is 0 Å². The van der Waals surface area contributed by atoms with Crippen LogP contribution in [0.2, 0.25) is 0 Å². The first-order valence-corrected chi connectivity index (χ1v) is 9.26. The Bertz CT molecular complexity index is 837. The van der Waals surface area contributed by atoms with Gasteiger partial charge in [0.2, 0.25) is 0 Å². The number of aromatic nitrogens is 5. The van der Waals surface area contributed by atoms with Crippen molar-refractivity contribution in [2.24, 2.45) is 0 Å². The molecule has 26 heavy (non-hydrogen) atoms. The van der Waals surface area contributed by atoms with Crippen molar-refractivity contribution in [2.75, 3.05) is 13.1 Å². The zero-order valence-corrected chi connectivity index (χ0v) is 15.3. The predicted octanol–water partition coefficient (Wildman–Crippen LogP) is 3.37. The Morgan fingerprint density at radius 3 is 2.50 bits per heavy atom. The van der Waals surface area contributed by atoms with Crippen molar-refractivity contribution < 1.29 is 0 Å². The fraction of sp³-hybridized carbons (Fsp3) is 0.400. The summed E-state index contributed by atoms with van der Waals surface area (Å²) in [5.74, 6) is 2.82. The summed E-state index contributed by atoms with van der Waals surface area (Å²) in [6.07, 6.45) is 7.98. The van der Waals surface area contributed by atoms with Crippen molar-refractivity contribution in [2.45, 2.75) is 38.6 Å². The quantitative estimate of drug-likeness (QED) is 0.707. The summed E-state index contributed by atoms with van der Waals surface area (Å²) in [6, 6.07) is 10.0. The Morgan fingerprint density at radius 2 is 1.85 bits per heavy atom. The van der Waals surface area contributed by atoms with Crippen LogP contribution in [0.1, 0.15) is 55.9 Å². The minimum absolute atomic E-state index is 0.0354. The van der Waals surface area contributed by atoms with E-state index in [1.165, 1.54) is 12.8 Å². The van der Waals surface area contributed by atoms with Crippen LogP contribution in [0.25, 0.3) is 5.82 Å². The molecule has 6 heteroatoms. The second-order valence-electron chi connectivity index (χ2n) is 7.01. The minimum Gasteiger partial charge on any atom is -0.290 e. The molecular weight excluding hydrogens is 324 g/mol. The Kier molecular flexibility index (Phi) is 4.75. The van der Waals surface area contributed by atoms with Gasteiger partial charge in [0.15, 0.2) is 17.5 Å². The molecule has 0 bridgehead atoms. The Balaban J connectivity index is 1.87. The highest BCUT2D eigenvalue weighted by molar-refractivity contribution is 5.29. The SMILES string of the molecule is CC(C)c1nc([C@H](c2cccnc2)N2CCCC2)n(-c2ccccn2)n1. The molecule has 3 aromatic rings. The zero-order chi connectivity index (χ0) is 17.9. The van der Waals surface area contributed by atoms with Crippen LogP contribution in [-0.2, 0) is 0 Å². The second-order valence-corrected chi connectivity index (χ2v) is 7.01. The van der Waals surface area contributed by atoms with E-state index in [-0.39, 0.29) is 12.0 Å². The lowest BCUT2D eigenvalue weighted by atomic mass is 10.1. The highest BCUT2D eigenvalue weighted by Crippen LogP contribution is 2.32. The molecule has 0 radical (unpaired) electrons. The topological polar surface area (TPSA) is 59.7 Å². The highest BCUT2D eigenvalue weighted by Gasteiger charge is 2.31. The van der Waals surface area contributed by atoms with Gasteiger partial charge >= 0.3 is 0 Å². The minimum atomic E-state index is 0.0354. The third-order valence-electron chi connectivity index (χ3n) is 4.78. The maximum absolute atomic E-state index is 4.95. The van der Waals surface area contributed by atoms with Crippen molar-refractivity contribution in [1.29, 1.82) is 0 Å². The first-order chi connectivity index (χ1) is 12.7. The Hall–Kier alpha value is -2.60. The molecule has 1 atom stereocenters. The van der Waals surface area contributed by atoms with Gasteiger partial charge in [0.25, 0.3) is 0 Å². The molecule has 0 amide bonds. The first kappa shape index (κ1) is 16.8. The smallest absolute Gasteiger partial charge is 0.156 e. The van der Waals surface area contributed by atoms with Gasteiger partial charge in [-0.2, -0.15) is 4.68 Å². The van der Waals surface area contributed by atoms with Gasteiger partial charge in [-0.1, -0.05) is 26.0 Å². The van der Waals surface area contributed by atoms with Crippen molar-refractivity contribution >= 4 is 0 Å². The Morgan fingerprint density at radius 1 is 1.00 bits per heavy atom. The first-order valence-electron chi connectivity index (χ1n) is 9.26. The number of rotatable bonds is 5. The lowest BCUT2D eigenvalue weighted by molar-refractivity contribution is 0.268. The molecule has 0 N–H and O–H groups in total. The molecule has 0 unspecified atom stereocenters. The van der Waals surface area contributed by atoms with E-state index in [9.17, 15) is 0 Å². The van der Waals surface area contributed by atoms with Crippen LogP contribution in [-0.4, -0.2) is 42.7 Å². The molecule has 4 heterocycles. The molecule has 0 saturated carbocycles. The van der Waals surface area contributed by atoms with Crippen molar-refractivity contribution in [3.05, 3.63) is 66.1 Å². The van der Waals surface area contributed by atoms with E-state index in [4.69, 9.17) is 10.1 Å². The van der Waals surface area contributed by atoms with Crippen LogP contribution >= 0.6 is 0 Å². The normalized spacial score (nSPS) is 16.3. The van der Waals surface area contributed by atoms with Crippen LogP contribution in [0.3, 0.4) is 0 Å². The summed E-state index contributed by atoms with van der Waals surface area (Å²) in [5.41, 5.74) is 1.15. The summed E-state index contributed by atoms with van der Waals surface area (Å²) in [6.45, 7) is 6.37. The lowest BCUT2D eigenvalue weighted by Crippen LogP contribution is -2.29. The molecule has 6 nitrogen and oxygen atoms in total.